The number of phenolic OH excluding ortho intramolecular Hbond substituents is 1. The van der Waals surface area contributed by atoms with Crippen LogP contribution in [0.1, 0.15) is 93.8 Å². The van der Waals surface area contributed by atoms with E-state index in [1.54, 1.807) is 0 Å². The van der Waals surface area contributed by atoms with E-state index in [2.05, 4.69) is 65.9 Å². The van der Waals surface area contributed by atoms with Crippen LogP contribution in [-0.2, 0) is 35.0 Å². The predicted octanol–water partition coefficient (Wildman–Crippen LogP) is 6.42. The number of hydrogen-bond donors (Lipinski definition) is 2. The topological polar surface area (TPSA) is 49.3 Å². The van der Waals surface area contributed by atoms with Gasteiger partial charge in [0.05, 0.1) is 0 Å². The molecule has 0 aliphatic rings. The van der Waals surface area contributed by atoms with E-state index in [0.29, 0.717) is 18.7 Å². The quantitative estimate of drug-likeness (QED) is 0.563. The number of carbonyl (C=O) groups excluding carboxylic acids is 1. The van der Waals surface area contributed by atoms with Crippen molar-refractivity contribution >= 4 is 5.91 Å². The molecule has 0 unspecified atom stereocenters. The predicted molar refractivity (Wildman–Crippen MR) is 131 cm³/mol. The fraction of sp³-hybridized carbons (Fsp3) is 0.536. The smallest absolute Gasteiger partial charge is 0.220 e. The van der Waals surface area contributed by atoms with E-state index < -0.39 is 0 Å². The molecule has 0 atom stereocenters. The molecule has 0 radical (unpaired) electrons. The molecule has 1 amide bonds. The van der Waals surface area contributed by atoms with Crippen LogP contribution < -0.4 is 5.32 Å². The third-order valence-electron chi connectivity index (χ3n) is 6.03. The van der Waals surface area contributed by atoms with E-state index in [4.69, 9.17) is 0 Å². The van der Waals surface area contributed by atoms with Crippen molar-refractivity contribution < 1.29 is 9.90 Å². The lowest BCUT2D eigenvalue weighted by atomic mass is 9.75. The first-order valence-electron chi connectivity index (χ1n) is 11.5. The van der Waals surface area contributed by atoms with E-state index in [1.807, 2.05) is 26.0 Å². The molecule has 0 fully saturated rings. The molecular formula is C28H41NO2. The van der Waals surface area contributed by atoms with Gasteiger partial charge in [0.1, 0.15) is 5.75 Å². The second kappa shape index (κ2) is 9.46. The summed E-state index contributed by atoms with van der Waals surface area (Å²) in [7, 11) is 0. The van der Waals surface area contributed by atoms with Crippen molar-refractivity contribution in [2.45, 2.75) is 99.0 Å². The molecule has 0 aliphatic carbocycles. The first-order chi connectivity index (χ1) is 14.2. The standard InChI is InChI=1S/C28H41NO2/c1-10-22-14-21(13-18(2)26(22)31)17-29-25(30)12-11-20-15-23(27(4,5)6)19(3)24(16-20)28(7,8)9/h13-16,31H,10-12,17H2,1-9H3,(H,29,30). The van der Waals surface area contributed by atoms with Gasteiger partial charge in [0.2, 0.25) is 5.91 Å². The molecule has 0 saturated heterocycles. The van der Waals surface area contributed by atoms with Crippen molar-refractivity contribution in [1.29, 1.82) is 0 Å². The third-order valence-corrected chi connectivity index (χ3v) is 6.03. The van der Waals surface area contributed by atoms with Crippen LogP contribution in [0.15, 0.2) is 24.3 Å². The molecule has 0 heterocycles. The number of aryl methyl sites for hydroxylation is 3. The monoisotopic (exact) mass is 423 g/mol. The van der Waals surface area contributed by atoms with Gasteiger partial charge in [-0.15, -0.1) is 0 Å². The maximum absolute atomic E-state index is 12.6. The zero-order chi connectivity index (χ0) is 23.6. The third kappa shape index (κ3) is 6.35. The number of benzene rings is 2. The van der Waals surface area contributed by atoms with Crippen molar-refractivity contribution in [3.63, 3.8) is 0 Å². The fourth-order valence-corrected chi connectivity index (χ4v) is 4.33. The molecule has 170 valence electrons. The Labute approximate surface area is 189 Å². The number of nitrogens with one attached hydrogen (secondary N) is 1. The average molecular weight is 424 g/mol. The SMILES string of the molecule is CCc1cc(CNC(=O)CCc2cc(C(C)(C)C)c(C)c(C(C)(C)C)c2)cc(C)c1O. The lowest BCUT2D eigenvalue weighted by molar-refractivity contribution is -0.121. The van der Waals surface area contributed by atoms with Crippen molar-refractivity contribution in [2.24, 2.45) is 0 Å². The molecule has 3 heteroatoms. The van der Waals surface area contributed by atoms with Crippen LogP contribution >= 0.6 is 0 Å². The molecule has 2 aromatic rings. The number of carbonyl (C=O) groups is 1. The minimum Gasteiger partial charge on any atom is -0.507 e. The molecule has 0 spiro atoms. The molecule has 0 saturated carbocycles. The summed E-state index contributed by atoms with van der Waals surface area (Å²) in [6.45, 7) is 20.1. The molecule has 2 rings (SSSR count). The summed E-state index contributed by atoms with van der Waals surface area (Å²) in [5.74, 6) is 0.417. The Balaban J connectivity index is 2.12. The van der Waals surface area contributed by atoms with E-state index in [0.717, 1.165) is 29.5 Å². The Morgan fingerprint density at radius 2 is 1.45 bits per heavy atom. The van der Waals surface area contributed by atoms with E-state index in [-0.39, 0.29) is 16.7 Å². The van der Waals surface area contributed by atoms with Crippen LogP contribution in [0, 0.1) is 13.8 Å². The van der Waals surface area contributed by atoms with Crippen molar-refractivity contribution in [1.82, 2.24) is 5.32 Å². The second-order valence-corrected chi connectivity index (χ2v) is 10.9. The first-order valence-corrected chi connectivity index (χ1v) is 11.5. The van der Waals surface area contributed by atoms with Crippen LogP contribution in [0.5, 0.6) is 5.75 Å². The number of aromatic hydroxyl groups is 1. The van der Waals surface area contributed by atoms with Crippen molar-refractivity contribution in [3.05, 3.63) is 63.2 Å². The van der Waals surface area contributed by atoms with Gasteiger partial charge in [-0.3, -0.25) is 4.79 Å². The molecule has 2 aromatic carbocycles. The van der Waals surface area contributed by atoms with Gasteiger partial charge < -0.3 is 10.4 Å². The summed E-state index contributed by atoms with van der Waals surface area (Å²) >= 11 is 0. The molecule has 0 bridgehead atoms. The Kier molecular flexibility index (Phi) is 7.62. The average Bonchev–Trinajstić information content (AvgIpc) is 2.66. The molecular weight excluding hydrogens is 382 g/mol. The maximum Gasteiger partial charge on any atom is 0.220 e. The number of hydrogen-bond acceptors (Lipinski definition) is 2. The lowest BCUT2D eigenvalue weighted by Crippen LogP contribution is -2.24. The van der Waals surface area contributed by atoms with Crippen LogP contribution in [-0.4, -0.2) is 11.0 Å². The number of amides is 1. The van der Waals surface area contributed by atoms with Crippen LogP contribution in [0.2, 0.25) is 0 Å². The molecule has 2 N–H and O–H groups in total. The highest BCUT2D eigenvalue weighted by molar-refractivity contribution is 5.76. The Morgan fingerprint density at radius 3 is 1.94 bits per heavy atom. The van der Waals surface area contributed by atoms with Crippen molar-refractivity contribution in [3.8, 4) is 5.75 Å². The zero-order valence-electron chi connectivity index (χ0n) is 21.0. The van der Waals surface area contributed by atoms with Gasteiger partial charge in [-0.05, 0) is 76.5 Å². The van der Waals surface area contributed by atoms with Gasteiger partial charge in [0.25, 0.3) is 0 Å². The number of rotatable bonds is 6. The summed E-state index contributed by atoms with van der Waals surface area (Å²) in [5.41, 5.74) is 8.25. The van der Waals surface area contributed by atoms with Gasteiger partial charge in [-0.25, -0.2) is 0 Å². The van der Waals surface area contributed by atoms with Crippen LogP contribution in [0.3, 0.4) is 0 Å². The van der Waals surface area contributed by atoms with Gasteiger partial charge in [-0.2, -0.15) is 0 Å². The van der Waals surface area contributed by atoms with E-state index in [9.17, 15) is 9.90 Å². The summed E-state index contributed by atoms with van der Waals surface area (Å²) in [6, 6.07) is 8.50. The van der Waals surface area contributed by atoms with E-state index >= 15 is 0 Å². The highest BCUT2D eigenvalue weighted by Crippen LogP contribution is 2.35. The molecule has 3 nitrogen and oxygen atoms in total. The lowest BCUT2D eigenvalue weighted by Gasteiger charge is -2.30. The largest absolute Gasteiger partial charge is 0.507 e. The minimum atomic E-state index is 0.0546. The highest BCUT2D eigenvalue weighted by Gasteiger charge is 2.24. The first kappa shape index (κ1) is 25.0. The summed E-state index contributed by atoms with van der Waals surface area (Å²) < 4.78 is 0. The Morgan fingerprint density at radius 1 is 0.903 bits per heavy atom. The zero-order valence-corrected chi connectivity index (χ0v) is 21.0. The van der Waals surface area contributed by atoms with Gasteiger partial charge in [-0.1, -0.05) is 72.7 Å². The Hall–Kier alpha value is -2.29. The maximum atomic E-state index is 12.6. The summed E-state index contributed by atoms with van der Waals surface area (Å²) in [4.78, 5) is 12.6. The summed E-state index contributed by atoms with van der Waals surface area (Å²) in [5, 5.41) is 13.1. The molecule has 0 aromatic heterocycles. The fourth-order valence-electron chi connectivity index (χ4n) is 4.33. The van der Waals surface area contributed by atoms with Crippen molar-refractivity contribution in [2.75, 3.05) is 0 Å². The van der Waals surface area contributed by atoms with Crippen LogP contribution in [0.4, 0.5) is 0 Å². The second-order valence-electron chi connectivity index (χ2n) is 10.9. The highest BCUT2D eigenvalue weighted by atomic mass is 16.3. The van der Waals surface area contributed by atoms with E-state index in [1.165, 1.54) is 22.3 Å². The molecule has 0 aliphatic heterocycles. The van der Waals surface area contributed by atoms with Gasteiger partial charge in [0, 0.05) is 13.0 Å². The van der Waals surface area contributed by atoms with Gasteiger partial charge in [0.15, 0.2) is 0 Å². The Bertz CT molecular complexity index is 908. The minimum absolute atomic E-state index is 0.0546. The van der Waals surface area contributed by atoms with Crippen LogP contribution in [0.25, 0.3) is 0 Å². The normalized spacial score (nSPS) is 12.2. The molecule has 31 heavy (non-hydrogen) atoms. The van der Waals surface area contributed by atoms with Gasteiger partial charge >= 0.3 is 0 Å². The number of phenols is 1. The summed E-state index contributed by atoms with van der Waals surface area (Å²) in [6.07, 6.45) is 1.97.